The van der Waals surface area contributed by atoms with E-state index in [2.05, 4.69) is 33.9 Å². The van der Waals surface area contributed by atoms with Gasteiger partial charge in [-0.05, 0) is 33.6 Å². The Labute approximate surface area is 78.4 Å². The van der Waals surface area contributed by atoms with Crippen LogP contribution < -0.4 is 5.32 Å². The van der Waals surface area contributed by atoms with Gasteiger partial charge in [0.25, 0.3) is 0 Å². The first kappa shape index (κ1) is 8.53. The molecular weight excluding hydrogens is 164 g/mol. The van der Waals surface area contributed by atoms with Gasteiger partial charge in [-0.25, -0.2) is 0 Å². The quantitative estimate of drug-likeness (QED) is 0.767. The lowest BCUT2D eigenvalue weighted by Crippen LogP contribution is -2.19. The zero-order valence-electron chi connectivity index (χ0n) is 8.46. The summed E-state index contributed by atoms with van der Waals surface area (Å²) < 4.78 is 2.10. The Morgan fingerprint density at radius 1 is 1.46 bits per heavy atom. The molecule has 1 heterocycles. The summed E-state index contributed by atoms with van der Waals surface area (Å²) in [4.78, 5) is 0. The summed E-state index contributed by atoms with van der Waals surface area (Å²) in [5.74, 6) is 1.90. The summed E-state index contributed by atoms with van der Waals surface area (Å²) >= 11 is 0. The van der Waals surface area contributed by atoms with Gasteiger partial charge < -0.3 is 5.32 Å². The average Bonchev–Trinajstić information content (AvgIpc) is 2.70. The van der Waals surface area contributed by atoms with E-state index < -0.39 is 0 Å². The molecule has 0 bridgehead atoms. The number of nitrogens with zero attached hydrogens (tertiary/aromatic N) is 3. The minimum Gasteiger partial charge on any atom is -0.349 e. The van der Waals surface area contributed by atoms with Crippen LogP contribution in [0.15, 0.2) is 0 Å². The molecule has 0 unspecified atom stereocenters. The molecule has 72 valence electrons. The van der Waals surface area contributed by atoms with Gasteiger partial charge in [0.2, 0.25) is 5.95 Å². The SMILES string of the molecule is CCn1c(C)nnc1NC1(C)CC1. The van der Waals surface area contributed by atoms with Crippen LogP contribution in [0.3, 0.4) is 0 Å². The summed E-state index contributed by atoms with van der Waals surface area (Å²) in [7, 11) is 0. The van der Waals surface area contributed by atoms with E-state index in [1.54, 1.807) is 0 Å². The number of aryl methyl sites for hydroxylation is 1. The van der Waals surface area contributed by atoms with E-state index in [-0.39, 0.29) is 5.54 Å². The number of aromatic nitrogens is 3. The largest absolute Gasteiger partial charge is 0.349 e. The minimum absolute atomic E-state index is 0.284. The van der Waals surface area contributed by atoms with Gasteiger partial charge in [0.15, 0.2) is 0 Å². The second-order valence-electron chi connectivity index (χ2n) is 4.00. The third-order valence-corrected chi connectivity index (χ3v) is 2.67. The highest BCUT2D eigenvalue weighted by Crippen LogP contribution is 2.37. The lowest BCUT2D eigenvalue weighted by molar-refractivity contribution is 0.711. The van der Waals surface area contributed by atoms with Crippen molar-refractivity contribution >= 4 is 5.95 Å². The van der Waals surface area contributed by atoms with Crippen molar-refractivity contribution in [3.05, 3.63) is 5.82 Å². The molecule has 0 amide bonds. The molecule has 0 aliphatic heterocycles. The Balaban J connectivity index is 2.19. The van der Waals surface area contributed by atoms with E-state index in [1.807, 2.05) is 6.92 Å². The molecule has 1 aromatic heterocycles. The molecule has 0 aromatic carbocycles. The monoisotopic (exact) mass is 180 g/mol. The molecule has 1 saturated carbocycles. The van der Waals surface area contributed by atoms with E-state index in [0.29, 0.717) is 0 Å². The van der Waals surface area contributed by atoms with Crippen molar-refractivity contribution in [1.82, 2.24) is 14.8 Å². The van der Waals surface area contributed by atoms with Gasteiger partial charge in [0.1, 0.15) is 5.82 Å². The Morgan fingerprint density at radius 2 is 2.15 bits per heavy atom. The highest BCUT2D eigenvalue weighted by atomic mass is 15.4. The fraction of sp³-hybridized carbons (Fsp3) is 0.778. The maximum Gasteiger partial charge on any atom is 0.225 e. The lowest BCUT2D eigenvalue weighted by atomic mass is 10.3. The topological polar surface area (TPSA) is 42.7 Å². The first-order valence-electron chi connectivity index (χ1n) is 4.82. The van der Waals surface area contributed by atoms with Crippen molar-refractivity contribution in [3.8, 4) is 0 Å². The van der Waals surface area contributed by atoms with Crippen LogP contribution in [0.25, 0.3) is 0 Å². The Morgan fingerprint density at radius 3 is 2.69 bits per heavy atom. The smallest absolute Gasteiger partial charge is 0.225 e. The van der Waals surface area contributed by atoms with E-state index >= 15 is 0 Å². The number of nitrogens with one attached hydrogen (secondary N) is 1. The summed E-state index contributed by atoms with van der Waals surface area (Å²) in [6.45, 7) is 7.24. The van der Waals surface area contributed by atoms with Gasteiger partial charge in [-0.15, -0.1) is 10.2 Å². The first-order valence-corrected chi connectivity index (χ1v) is 4.82. The van der Waals surface area contributed by atoms with E-state index in [0.717, 1.165) is 18.3 Å². The maximum atomic E-state index is 4.11. The van der Waals surface area contributed by atoms with Crippen molar-refractivity contribution in [1.29, 1.82) is 0 Å². The van der Waals surface area contributed by atoms with E-state index in [9.17, 15) is 0 Å². The van der Waals surface area contributed by atoms with Crippen molar-refractivity contribution < 1.29 is 0 Å². The molecule has 0 saturated heterocycles. The van der Waals surface area contributed by atoms with E-state index in [4.69, 9.17) is 0 Å². The predicted molar refractivity (Wildman–Crippen MR) is 51.7 cm³/mol. The van der Waals surface area contributed by atoms with E-state index in [1.165, 1.54) is 12.8 Å². The second kappa shape index (κ2) is 2.72. The normalized spacial score (nSPS) is 18.7. The van der Waals surface area contributed by atoms with Crippen LogP contribution in [-0.2, 0) is 6.54 Å². The number of hydrogen-bond acceptors (Lipinski definition) is 3. The van der Waals surface area contributed by atoms with Gasteiger partial charge in [-0.1, -0.05) is 0 Å². The Bertz CT molecular complexity index is 311. The second-order valence-corrected chi connectivity index (χ2v) is 4.00. The van der Waals surface area contributed by atoms with Crippen LogP contribution in [0, 0.1) is 6.92 Å². The van der Waals surface area contributed by atoms with Crippen LogP contribution >= 0.6 is 0 Å². The van der Waals surface area contributed by atoms with Gasteiger partial charge in [0.05, 0.1) is 0 Å². The molecule has 0 radical (unpaired) electrons. The summed E-state index contributed by atoms with van der Waals surface area (Å²) in [6.07, 6.45) is 2.48. The third-order valence-electron chi connectivity index (χ3n) is 2.67. The fourth-order valence-electron chi connectivity index (χ4n) is 1.43. The Kier molecular flexibility index (Phi) is 1.78. The van der Waals surface area contributed by atoms with Crippen molar-refractivity contribution in [2.75, 3.05) is 5.32 Å². The molecule has 1 N–H and O–H groups in total. The predicted octanol–water partition coefficient (Wildman–Crippen LogP) is 1.57. The lowest BCUT2D eigenvalue weighted by Gasteiger charge is -2.12. The standard InChI is InChI=1S/C9H16N4/c1-4-13-7(2)11-12-8(13)10-9(3)5-6-9/h4-6H2,1-3H3,(H,10,12). The average molecular weight is 180 g/mol. The molecule has 4 heteroatoms. The van der Waals surface area contributed by atoms with Gasteiger partial charge in [-0.3, -0.25) is 4.57 Å². The molecular formula is C9H16N4. The van der Waals surface area contributed by atoms with Gasteiger partial charge in [-0.2, -0.15) is 0 Å². The van der Waals surface area contributed by atoms with Crippen molar-refractivity contribution in [2.45, 2.75) is 45.7 Å². The van der Waals surface area contributed by atoms with Gasteiger partial charge >= 0.3 is 0 Å². The number of hydrogen-bond donors (Lipinski definition) is 1. The van der Waals surface area contributed by atoms with Crippen LogP contribution in [-0.4, -0.2) is 20.3 Å². The molecule has 0 atom stereocenters. The van der Waals surface area contributed by atoms with Crippen molar-refractivity contribution in [2.24, 2.45) is 0 Å². The summed E-state index contributed by atoms with van der Waals surface area (Å²) in [6, 6.07) is 0. The summed E-state index contributed by atoms with van der Waals surface area (Å²) in [5.41, 5.74) is 0.284. The van der Waals surface area contributed by atoms with Crippen molar-refractivity contribution in [3.63, 3.8) is 0 Å². The highest BCUT2D eigenvalue weighted by molar-refractivity contribution is 5.33. The molecule has 1 aliphatic rings. The van der Waals surface area contributed by atoms with Crippen LogP contribution in [0.5, 0.6) is 0 Å². The number of anilines is 1. The fourth-order valence-corrected chi connectivity index (χ4v) is 1.43. The molecule has 0 spiro atoms. The summed E-state index contributed by atoms with van der Waals surface area (Å²) in [5, 5.41) is 11.6. The molecule has 2 rings (SSSR count). The third kappa shape index (κ3) is 1.53. The molecule has 1 aromatic rings. The molecule has 4 nitrogen and oxygen atoms in total. The zero-order chi connectivity index (χ0) is 9.47. The van der Waals surface area contributed by atoms with Gasteiger partial charge in [0, 0.05) is 12.1 Å². The first-order chi connectivity index (χ1) is 6.14. The molecule has 1 aliphatic carbocycles. The molecule has 1 fully saturated rings. The highest BCUT2D eigenvalue weighted by Gasteiger charge is 2.38. The minimum atomic E-state index is 0.284. The molecule has 13 heavy (non-hydrogen) atoms. The van der Waals surface area contributed by atoms with Crippen LogP contribution in [0.2, 0.25) is 0 Å². The van der Waals surface area contributed by atoms with Crippen LogP contribution in [0.4, 0.5) is 5.95 Å². The van der Waals surface area contributed by atoms with Crippen LogP contribution in [0.1, 0.15) is 32.5 Å². The number of rotatable bonds is 3. The maximum absolute atomic E-state index is 4.11. The zero-order valence-corrected chi connectivity index (χ0v) is 8.46. The Hall–Kier alpha value is -1.06.